The lowest BCUT2D eigenvalue weighted by atomic mass is 9.86. The van der Waals surface area contributed by atoms with E-state index in [-0.39, 0.29) is 5.60 Å². The minimum atomic E-state index is -0.197. The molecule has 1 fully saturated rings. The SMILES string of the molecule is CC[C@]1(C)Cc2c(C#N)c(SC)nc(N3CCOCC3)c2CO1. The average molecular weight is 333 g/mol. The second-order valence-electron chi connectivity index (χ2n) is 6.26. The van der Waals surface area contributed by atoms with Gasteiger partial charge in [0.1, 0.15) is 16.9 Å². The van der Waals surface area contributed by atoms with Gasteiger partial charge in [0.2, 0.25) is 0 Å². The lowest BCUT2D eigenvalue weighted by Gasteiger charge is -2.38. The predicted molar refractivity (Wildman–Crippen MR) is 91.0 cm³/mol. The number of morpholine rings is 1. The minimum Gasteiger partial charge on any atom is -0.378 e. The molecule has 0 radical (unpaired) electrons. The molecule has 0 N–H and O–H groups in total. The molecule has 0 unspecified atom stereocenters. The third kappa shape index (κ3) is 3.06. The van der Waals surface area contributed by atoms with Crippen molar-refractivity contribution in [1.82, 2.24) is 4.98 Å². The van der Waals surface area contributed by atoms with E-state index in [0.717, 1.165) is 66.7 Å². The summed E-state index contributed by atoms with van der Waals surface area (Å²) in [4.78, 5) is 7.07. The number of ether oxygens (including phenoxy) is 2. The second kappa shape index (κ2) is 6.68. The van der Waals surface area contributed by atoms with Gasteiger partial charge in [-0.15, -0.1) is 11.8 Å². The maximum atomic E-state index is 9.67. The molecule has 5 nitrogen and oxygen atoms in total. The van der Waals surface area contributed by atoms with Gasteiger partial charge in [-0.3, -0.25) is 0 Å². The first-order valence-corrected chi connectivity index (χ1v) is 9.31. The number of fused-ring (bicyclic) bond motifs is 1. The van der Waals surface area contributed by atoms with E-state index in [1.165, 1.54) is 0 Å². The number of rotatable bonds is 3. The van der Waals surface area contributed by atoms with Crippen molar-refractivity contribution in [2.75, 3.05) is 37.5 Å². The molecule has 3 heterocycles. The van der Waals surface area contributed by atoms with Crippen LogP contribution >= 0.6 is 11.8 Å². The van der Waals surface area contributed by atoms with Gasteiger partial charge in [-0.2, -0.15) is 5.26 Å². The van der Waals surface area contributed by atoms with Crippen LogP contribution in [0.3, 0.4) is 0 Å². The van der Waals surface area contributed by atoms with E-state index < -0.39 is 0 Å². The van der Waals surface area contributed by atoms with Crippen molar-refractivity contribution in [3.05, 3.63) is 16.7 Å². The van der Waals surface area contributed by atoms with Crippen LogP contribution in [0.1, 0.15) is 37.0 Å². The van der Waals surface area contributed by atoms with Crippen molar-refractivity contribution in [2.24, 2.45) is 0 Å². The summed E-state index contributed by atoms with van der Waals surface area (Å²) in [5.74, 6) is 0.977. The van der Waals surface area contributed by atoms with Crippen molar-refractivity contribution >= 4 is 17.6 Å². The van der Waals surface area contributed by atoms with Crippen LogP contribution in [0.4, 0.5) is 5.82 Å². The monoisotopic (exact) mass is 333 g/mol. The zero-order valence-electron chi connectivity index (χ0n) is 14.0. The topological polar surface area (TPSA) is 58.4 Å². The van der Waals surface area contributed by atoms with Crippen LogP contribution in [0.2, 0.25) is 0 Å². The van der Waals surface area contributed by atoms with E-state index in [0.29, 0.717) is 6.61 Å². The Bertz CT molecular complexity index is 638. The molecule has 0 spiro atoms. The summed E-state index contributed by atoms with van der Waals surface area (Å²) in [6.45, 7) is 7.91. The summed E-state index contributed by atoms with van der Waals surface area (Å²) in [6, 6.07) is 2.38. The highest BCUT2D eigenvalue weighted by Gasteiger charge is 2.35. The Morgan fingerprint density at radius 2 is 2.09 bits per heavy atom. The first-order valence-electron chi connectivity index (χ1n) is 8.08. The van der Waals surface area contributed by atoms with Crippen LogP contribution in [0.25, 0.3) is 0 Å². The van der Waals surface area contributed by atoms with E-state index in [4.69, 9.17) is 14.5 Å². The summed E-state index contributed by atoms with van der Waals surface area (Å²) >= 11 is 1.55. The molecule has 0 amide bonds. The first-order chi connectivity index (χ1) is 11.1. The molecule has 2 aliphatic heterocycles. The van der Waals surface area contributed by atoms with Gasteiger partial charge >= 0.3 is 0 Å². The van der Waals surface area contributed by atoms with Gasteiger partial charge in [0, 0.05) is 25.1 Å². The summed E-state index contributed by atoms with van der Waals surface area (Å²) < 4.78 is 11.6. The molecule has 1 saturated heterocycles. The normalized spacial score (nSPS) is 24.2. The Morgan fingerprint density at radius 1 is 1.35 bits per heavy atom. The standard InChI is InChI=1S/C17H23N3O2S/c1-4-17(2)9-12-13(10-18)16(23-3)19-15(14(12)11-22-17)20-5-7-21-8-6-20/h4-9,11H2,1-3H3/t17-/m1/s1. The Hall–Kier alpha value is -1.29. The van der Waals surface area contributed by atoms with E-state index >= 15 is 0 Å². The minimum absolute atomic E-state index is 0.197. The molecule has 6 heteroatoms. The maximum Gasteiger partial charge on any atom is 0.135 e. The largest absolute Gasteiger partial charge is 0.378 e. The van der Waals surface area contributed by atoms with Crippen molar-refractivity contribution in [3.8, 4) is 6.07 Å². The number of nitrogens with zero attached hydrogens (tertiary/aromatic N) is 3. The second-order valence-corrected chi connectivity index (χ2v) is 7.05. The zero-order chi connectivity index (χ0) is 16.4. The summed E-state index contributed by atoms with van der Waals surface area (Å²) in [5, 5.41) is 10.5. The van der Waals surface area contributed by atoms with Gasteiger partial charge < -0.3 is 14.4 Å². The highest BCUT2D eigenvalue weighted by Crippen LogP contribution is 2.39. The Balaban J connectivity index is 2.12. The van der Waals surface area contributed by atoms with Crippen LogP contribution in [-0.4, -0.2) is 43.1 Å². The van der Waals surface area contributed by atoms with Gasteiger partial charge in [-0.1, -0.05) is 6.92 Å². The molecule has 0 bridgehead atoms. The van der Waals surface area contributed by atoms with Crippen molar-refractivity contribution in [3.63, 3.8) is 0 Å². The number of nitriles is 1. The smallest absolute Gasteiger partial charge is 0.135 e. The van der Waals surface area contributed by atoms with Crippen LogP contribution < -0.4 is 4.90 Å². The molecular weight excluding hydrogens is 310 g/mol. The molecule has 23 heavy (non-hydrogen) atoms. The van der Waals surface area contributed by atoms with E-state index in [1.54, 1.807) is 11.8 Å². The molecule has 1 atom stereocenters. The fraction of sp³-hybridized carbons (Fsp3) is 0.647. The molecule has 0 saturated carbocycles. The van der Waals surface area contributed by atoms with Crippen molar-refractivity contribution < 1.29 is 9.47 Å². The molecular formula is C17H23N3O2S. The Labute approximate surface area is 142 Å². The van der Waals surface area contributed by atoms with Crippen LogP contribution in [0.5, 0.6) is 0 Å². The van der Waals surface area contributed by atoms with E-state index in [2.05, 4.69) is 24.8 Å². The molecule has 1 aromatic heterocycles. The predicted octanol–water partition coefficient (Wildman–Crippen LogP) is 2.75. The van der Waals surface area contributed by atoms with Crippen LogP contribution in [0.15, 0.2) is 5.03 Å². The van der Waals surface area contributed by atoms with E-state index in [9.17, 15) is 5.26 Å². The number of pyridine rings is 1. The summed E-state index contributed by atoms with van der Waals surface area (Å²) in [5.41, 5.74) is 2.75. The number of aromatic nitrogens is 1. The van der Waals surface area contributed by atoms with Gasteiger partial charge in [-0.25, -0.2) is 4.98 Å². The van der Waals surface area contributed by atoms with Crippen LogP contribution in [-0.2, 0) is 22.5 Å². The molecule has 1 aromatic rings. The molecule has 2 aliphatic rings. The maximum absolute atomic E-state index is 9.67. The highest BCUT2D eigenvalue weighted by molar-refractivity contribution is 7.98. The number of hydrogen-bond donors (Lipinski definition) is 0. The number of hydrogen-bond acceptors (Lipinski definition) is 6. The van der Waals surface area contributed by atoms with Crippen molar-refractivity contribution in [2.45, 2.75) is 43.9 Å². The molecule has 0 aliphatic carbocycles. The molecule has 3 rings (SSSR count). The van der Waals surface area contributed by atoms with Gasteiger partial charge in [-0.05, 0) is 25.2 Å². The Kier molecular flexibility index (Phi) is 4.81. The van der Waals surface area contributed by atoms with Gasteiger partial charge in [0.25, 0.3) is 0 Å². The average Bonchev–Trinajstić information content (AvgIpc) is 2.60. The van der Waals surface area contributed by atoms with Crippen molar-refractivity contribution in [1.29, 1.82) is 5.26 Å². The van der Waals surface area contributed by atoms with Gasteiger partial charge in [0.15, 0.2) is 0 Å². The fourth-order valence-electron chi connectivity index (χ4n) is 3.18. The number of thioether (sulfide) groups is 1. The highest BCUT2D eigenvalue weighted by atomic mass is 32.2. The lowest BCUT2D eigenvalue weighted by Crippen LogP contribution is -2.40. The molecule has 124 valence electrons. The first kappa shape index (κ1) is 16.6. The van der Waals surface area contributed by atoms with Crippen LogP contribution in [0, 0.1) is 11.3 Å². The third-order valence-electron chi connectivity index (χ3n) is 4.84. The Morgan fingerprint density at radius 3 is 2.70 bits per heavy atom. The fourth-order valence-corrected chi connectivity index (χ4v) is 3.73. The van der Waals surface area contributed by atoms with Gasteiger partial charge in [0.05, 0.1) is 31.0 Å². The summed E-state index contributed by atoms with van der Waals surface area (Å²) in [7, 11) is 0. The quantitative estimate of drug-likeness (QED) is 0.793. The zero-order valence-corrected chi connectivity index (χ0v) is 14.8. The van der Waals surface area contributed by atoms with E-state index in [1.807, 2.05) is 6.26 Å². The number of anilines is 1. The summed E-state index contributed by atoms with van der Waals surface area (Å²) in [6.07, 6.45) is 3.69. The third-order valence-corrected chi connectivity index (χ3v) is 5.52. The lowest BCUT2D eigenvalue weighted by molar-refractivity contribution is -0.0565. The molecule has 0 aromatic carbocycles.